The van der Waals surface area contributed by atoms with Crippen LogP contribution in [0.15, 0.2) is 18.2 Å². The number of amides is 1. The van der Waals surface area contributed by atoms with Crippen molar-refractivity contribution in [2.24, 2.45) is 0 Å². The van der Waals surface area contributed by atoms with E-state index in [1.807, 2.05) is 6.92 Å². The zero-order valence-electron chi connectivity index (χ0n) is 11.7. The van der Waals surface area contributed by atoms with Crippen molar-refractivity contribution in [3.05, 3.63) is 35.4 Å². The van der Waals surface area contributed by atoms with E-state index in [2.05, 4.69) is 10.6 Å². The van der Waals surface area contributed by atoms with Crippen LogP contribution < -0.4 is 10.6 Å². The molecule has 0 radical (unpaired) electrons. The molecule has 0 aliphatic rings. The molecule has 1 unspecified atom stereocenters. The third-order valence-corrected chi connectivity index (χ3v) is 2.97. The fourth-order valence-corrected chi connectivity index (χ4v) is 1.90. The number of nitrogens with one attached hydrogen (secondary N) is 2. The van der Waals surface area contributed by atoms with Crippen LogP contribution in [0.3, 0.4) is 0 Å². The van der Waals surface area contributed by atoms with Gasteiger partial charge >= 0.3 is 0 Å². The molecule has 1 atom stereocenters. The standard InChI is InChI=1S/C14H20F2N2O/c1-5-17-14(3,4)13(19)18-9(2)12-10(15)7-6-8-11(12)16/h6-9,17H,5H2,1-4H3,(H,18,19). The van der Waals surface area contributed by atoms with Crippen molar-refractivity contribution in [2.75, 3.05) is 6.54 Å². The summed E-state index contributed by atoms with van der Waals surface area (Å²) in [7, 11) is 0. The van der Waals surface area contributed by atoms with E-state index in [9.17, 15) is 13.6 Å². The molecule has 0 heterocycles. The molecule has 0 bridgehead atoms. The molecule has 0 saturated heterocycles. The molecule has 106 valence electrons. The van der Waals surface area contributed by atoms with Gasteiger partial charge in [0.15, 0.2) is 0 Å². The van der Waals surface area contributed by atoms with E-state index in [0.717, 1.165) is 0 Å². The molecule has 3 nitrogen and oxygen atoms in total. The Bertz CT molecular complexity index is 441. The van der Waals surface area contributed by atoms with E-state index >= 15 is 0 Å². The van der Waals surface area contributed by atoms with Crippen molar-refractivity contribution in [3.8, 4) is 0 Å². The summed E-state index contributed by atoms with van der Waals surface area (Å²) >= 11 is 0. The first-order valence-electron chi connectivity index (χ1n) is 6.29. The number of halogens is 2. The Hall–Kier alpha value is -1.49. The van der Waals surface area contributed by atoms with Crippen LogP contribution in [-0.4, -0.2) is 18.0 Å². The van der Waals surface area contributed by atoms with E-state index in [1.54, 1.807) is 20.8 Å². The fraction of sp³-hybridized carbons (Fsp3) is 0.500. The first-order chi connectivity index (χ1) is 8.79. The van der Waals surface area contributed by atoms with E-state index in [-0.39, 0.29) is 11.5 Å². The molecule has 1 aromatic rings. The highest BCUT2D eigenvalue weighted by molar-refractivity contribution is 5.85. The van der Waals surface area contributed by atoms with Gasteiger partial charge in [-0.05, 0) is 39.4 Å². The van der Waals surface area contributed by atoms with Crippen molar-refractivity contribution in [1.29, 1.82) is 0 Å². The van der Waals surface area contributed by atoms with Crippen LogP contribution in [0.5, 0.6) is 0 Å². The molecule has 1 rings (SSSR count). The minimum atomic E-state index is -0.787. The first-order valence-corrected chi connectivity index (χ1v) is 6.29. The molecule has 19 heavy (non-hydrogen) atoms. The highest BCUT2D eigenvalue weighted by Gasteiger charge is 2.28. The lowest BCUT2D eigenvalue weighted by atomic mass is 10.0. The fourth-order valence-electron chi connectivity index (χ4n) is 1.90. The quantitative estimate of drug-likeness (QED) is 0.863. The van der Waals surface area contributed by atoms with Crippen molar-refractivity contribution in [3.63, 3.8) is 0 Å². The SMILES string of the molecule is CCNC(C)(C)C(=O)NC(C)c1c(F)cccc1F. The Kier molecular flexibility index (Phi) is 5.00. The lowest BCUT2D eigenvalue weighted by Crippen LogP contribution is -2.53. The monoisotopic (exact) mass is 270 g/mol. The third kappa shape index (κ3) is 3.73. The number of carbonyl (C=O) groups excluding carboxylic acids is 1. The molecule has 0 saturated carbocycles. The highest BCUT2D eigenvalue weighted by Crippen LogP contribution is 2.20. The predicted octanol–water partition coefficient (Wildman–Crippen LogP) is 2.53. The maximum absolute atomic E-state index is 13.6. The van der Waals surface area contributed by atoms with Crippen LogP contribution in [0.4, 0.5) is 8.78 Å². The average Bonchev–Trinajstić information content (AvgIpc) is 2.28. The lowest BCUT2D eigenvalue weighted by molar-refractivity contribution is -0.127. The van der Waals surface area contributed by atoms with Crippen LogP contribution >= 0.6 is 0 Å². The normalized spacial score (nSPS) is 13.2. The van der Waals surface area contributed by atoms with Crippen LogP contribution in [0.25, 0.3) is 0 Å². The van der Waals surface area contributed by atoms with E-state index in [4.69, 9.17) is 0 Å². The molecule has 2 N–H and O–H groups in total. The predicted molar refractivity (Wildman–Crippen MR) is 70.7 cm³/mol. The summed E-state index contributed by atoms with van der Waals surface area (Å²) in [6, 6.07) is 2.92. The van der Waals surface area contributed by atoms with E-state index in [0.29, 0.717) is 6.54 Å². The van der Waals surface area contributed by atoms with Gasteiger partial charge in [0.25, 0.3) is 0 Å². The summed E-state index contributed by atoms with van der Waals surface area (Å²) in [5.74, 6) is -1.62. The number of hydrogen-bond acceptors (Lipinski definition) is 2. The summed E-state index contributed by atoms with van der Waals surface area (Å²) in [4.78, 5) is 12.0. The number of hydrogen-bond donors (Lipinski definition) is 2. The second-order valence-electron chi connectivity index (χ2n) is 4.99. The van der Waals surface area contributed by atoms with Crippen molar-refractivity contribution in [1.82, 2.24) is 10.6 Å². The Balaban J connectivity index is 2.86. The van der Waals surface area contributed by atoms with Gasteiger partial charge in [0, 0.05) is 5.56 Å². The van der Waals surface area contributed by atoms with Crippen LogP contribution in [0.2, 0.25) is 0 Å². The average molecular weight is 270 g/mol. The number of rotatable bonds is 5. The molecular formula is C14H20F2N2O. The summed E-state index contributed by atoms with van der Waals surface area (Å²) in [6.45, 7) is 7.51. The third-order valence-electron chi connectivity index (χ3n) is 2.97. The molecule has 5 heteroatoms. The molecule has 0 aliphatic carbocycles. The van der Waals surface area contributed by atoms with Gasteiger partial charge in [-0.25, -0.2) is 8.78 Å². The second kappa shape index (κ2) is 6.10. The van der Waals surface area contributed by atoms with Gasteiger partial charge in [-0.2, -0.15) is 0 Å². The van der Waals surface area contributed by atoms with Gasteiger partial charge in [0.05, 0.1) is 11.6 Å². The summed E-state index contributed by atoms with van der Waals surface area (Å²) in [5, 5.41) is 5.63. The Morgan fingerprint density at radius 2 is 1.84 bits per heavy atom. The van der Waals surface area contributed by atoms with Gasteiger partial charge in [-0.15, -0.1) is 0 Å². The van der Waals surface area contributed by atoms with Gasteiger partial charge in [-0.3, -0.25) is 4.79 Å². The van der Waals surface area contributed by atoms with Crippen LogP contribution in [0, 0.1) is 11.6 Å². The molecule has 1 amide bonds. The van der Waals surface area contributed by atoms with Crippen molar-refractivity contribution < 1.29 is 13.6 Å². The van der Waals surface area contributed by atoms with Crippen molar-refractivity contribution in [2.45, 2.75) is 39.3 Å². The van der Waals surface area contributed by atoms with Gasteiger partial charge in [0.1, 0.15) is 11.6 Å². The molecule has 0 fully saturated rings. The van der Waals surface area contributed by atoms with Crippen LogP contribution in [0.1, 0.15) is 39.3 Å². The molecule has 0 aliphatic heterocycles. The minimum Gasteiger partial charge on any atom is -0.348 e. The summed E-state index contributed by atoms with van der Waals surface area (Å²) < 4.78 is 27.2. The topological polar surface area (TPSA) is 41.1 Å². The minimum absolute atomic E-state index is 0.122. The Morgan fingerprint density at radius 1 is 1.32 bits per heavy atom. The van der Waals surface area contributed by atoms with Crippen molar-refractivity contribution >= 4 is 5.91 Å². The maximum atomic E-state index is 13.6. The first kappa shape index (κ1) is 15.6. The molecule has 1 aromatic carbocycles. The molecule has 0 aromatic heterocycles. The van der Waals surface area contributed by atoms with Gasteiger partial charge in [0.2, 0.25) is 5.91 Å². The van der Waals surface area contributed by atoms with Gasteiger partial charge < -0.3 is 10.6 Å². The Labute approximate surface area is 112 Å². The zero-order chi connectivity index (χ0) is 14.6. The molecule has 0 spiro atoms. The smallest absolute Gasteiger partial charge is 0.240 e. The summed E-state index contributed by atoms with van der Waals surface area (Å²) in [5.41, 5.74) is -0.909. The summed E-state index contributed by atoms with van der Waals surface area (Å²) in [6.07, 6.45) is 0. The lowest BCUT2D eigenvalue weighted by Gasteiger charge is -2.27. The number of likely N-dealkylation sites (N-methyl/N-ethyl adjacent to an activating group) is 1. The largest absolute Gasteiger partial charge is 0.348 e. The van der Waals surface area contributed by atoms with Crippen LogP contribution in [-0.2, 0) is 4.79 Å². The van der Waals surface area contributed by atoms with E-state index in [1.165, 1.54) is 18.2 Å². The zero-order valence-corrected chi connectivity index (χ0v) is 11.7. The van der Waals surface area contributed by atoms with E-state index < -0.39 is 23.2 Å². The highest BCUT2D eigenvalue weighted by atomic mass is 19.1. The number of carbonyl (C=O) groups is 1. The second-order valence-corrected chi connectivity index (χ2v) is 4.99. The Morgan fingerprint density at radius 3 is 2.32 bits per heavy atom. The van der Waals surface area contributed by atoms with Gasteiger partial charge in [-0.1, -0.05) is 13.0 Å². The number of benzene rings is 1. The molecular weight excluding hydrogens is 250 g/mol. The maximum Gasteiger partial charge on any atom is 0.240 e.